The monoisotopic (exact) mass is 347 g/mol. The molecule has 0 spiro atoms. The van der Waals surface area contributed by atoms with Gasteiger partial charge in [-0.1, -0.05) is 12.1 Å². The van der Waals surface area contributed by atoms with Gasteiger partial charge in [-0.3, -0.25) is 9.59 Å². The Hall–Kier alpha value is -1.95. The van der Waals surface area contributed by atoms with Crippen LogP contribution >= 0.6 is 0 Å². The van der Waals surface area contributed by atoms with Crippen molar-refractivity contribution in [2.45, 2.75) is 44.7 Å². The summed E-state index contributed by atoms with van der Waals surface area (Å²) in [5.74, 6) is 0.0128. The number of halogens is 1. The molecule has 0 bridgehead atoms. The van der Waals surface area contributed by atoms with E-state index in [0.29, 0.717) is 32.0 Å². The molecule has 0 radical (unpaired) electrons. The number of nitrogens with zero attached hydrogens (tertiary/aromatic N) is 2. The van der Waals surface area contributed by atoms with Gasteiger partial charge in [0, 0.05) is 45.1 Å². The highest BCUT2D eigenvalue weighted by atomic mass is 19.1. The first-order chi connectivity index (χ1) is 12.1. The van der Waals surface area contributed by atoms with E-state index < -0.39 is 0 Å². The molecule has 1 atom stereocenters. The van der Waals surface area contributed by atoms with Crippen molar-refractivity contribution in [1.82, 2.24) is 15.1 Å². The van der Waals surface area contributed by atoms with Gasteiger partial charge in [0.1, 0.15) is 5.82 Å². The maximum Gasteiger partial charge on any atom is 0.222 e. The van der Waals surface area contributed by atoms with Crippen LogP contribution in [-0.2, 0) is 16.1 Å². The van der Waals surface area contributed by atoms with Crippen molar-refractivity contribution in [3.8, 4) is 0 Å². The number of likely N-dealkylation sites (tertiary alicyclic amines) is 2. The number of nitrogens with one attached hydrogen (secondary N) is 1. The van der Waals surface area contributed by atoms with Crippen molar-refractivity contribution in [2.75, 3.05) is 26.2 Å². The molecule has 2 aliphatic rings. The van der Waals surface area contributed by atoms with Crippen LogP contribution in [0.3, 0.4) is 0 Å². The average molecular weight is 347 g/mol. The van der Waals surface area contributed by atoms with Crippen LogP contribution in [0.1, 0.15) is 37.7 Å². The van der Waals surface area contributed by atoms with E-state index in [1.807, 2.05) is 4.90 Å². The highest BCUT2D eigenvalue weighted by molar-refractivity contribution is 5.78. The fraction of sp³-hybridized carbons (Fsp3) is 0.579. The van der Waals surface area contributed by atoms with E-state index in [4.69, 9.17) is 0 Å². The van der Waals surface area contributed by atoms with Gasteiger partial charge in [0.25, 0.3) is 0 Å². The lowest BCUT2D eigenvalue weighted by molar-refractivity contribution is -0.131. The molecular weight excluding hydrogens is 321 g/mol. The van der Waals surface area contributed by atoms with Gasteiger partial charge in [0.05, 0.1) is 0 Å². The van der Waals surface area contributed by atoms with Crippen LogP contribution in [-0.4, -0.2) is 53.8 Å². The van der Waals surface area contributed by atoms with E-state index in [1.165, 1.54) is 12.1 Å². The lowest BCUT2D eigenvalue weighted by atomic mass is 10.0. The Balaban J connectivity index is 1.39. The number of amides is 2. The van der Waals surface area contributed by atoms with Gasteiger partial charge in [-0.25, -0.2) is 4.39 Å². The van der Waals surface area contributed by atoms with Crippen LogP contribution in [0.5, 0.6) is 0 Å². The van der Waals surface area contributed by atoms with Crippen LogP contribution in [0.2, 0.25) is 0 Å². The molecule has 136 valence electrons. The fourth-order valence-corrected chi connectivity index (χ4v) is 3.69. The second kappa shape index (κ2) is 8.43. The van der Waals surface area contributed by atoms with E-state index in [9.17, 15) is 14.0 Å². The SMILES string of the molecule is O=C(CCN1CCC[C@H](N2CCCC2=O)C1)NCc1ccc(F)cc1. The van der Waals surface area contributed by atoms with Crippen LogP contribution in [0, 0.1) is 5.82 Å². The van der Waals surface area contributed by atoms with Crippen molar-refractivity contribution in [3.63, 3.8) is 0 Å². The number of benzene rings is 1. The summed E-state index contributed by atoms with van der Waals surface area (Å²) < 4.78 is 12.9. The second-order valence-corrected chi connectivity index (χ2v) is 6.94. The van der Waals surface area contributed by atoms with Crippen LogP contribution in [0.4, 0.5) is 4.39 Å². The minimum atomic E-state index is -0.272. The van der Waals surface area contributed by atoms with E-state index >= 15 is 0 Å². The zero-order valence-electron chi connectivity index (χ0n) is 14.5. The molecule has 5 nitrogen and oxygen atoms in total. The summed E-state index contributed by atoms with van der Waals surface area (Å²) in [5.41, 5.74) is 0.889. The molecule has 0 aliphatic carbocycles. The lowest BCUT2D eigenvalue weighted by Crippen LogP contribution is -2.49. The predicted octanol–water partition coefficient (Wildman–Crippen LogP) is 1.92. The van der Waals surface area contributed by atoms with Gasteiger partial charge in [-0.15, -0.1) is 0 Å². The number of hydrogen-bond donors (Lipinski definition) is 1. The van der Waals surface area contributed by atoms with Crippen molar-refractivity contribution >= 4 is 11.8 Å². The Kier molecular flexibility index (Phi) is 6.02. The Morgan fingerprint density at radius 1 is 1.20 bits per heavy atom. The highest BCUT2D eigenvalue weighted by Gasteiger charge is 2.31. The topological polar surface area (TPSA) is 52.7 Å². The van der Waals surface area contributed by atoms with Crippen molar-refractivity contribution in [1.29, 1.82) is 0 Å². The molecule has 2 aliphatic heterocycles. The Labute approximate surface area is 148 Å². The average Bonchev–Trinajstić information content (AvgIpc) is 3.06. The third-order valence-corrected chi connectivity index (χ3v) is 5.09. The lowest BCUT2D eigenvalue weighted by Gasteiger charge is -2.37. The smallest absolute Gasteiger partial charge is 0.222 e. The van der Waals surface area contributed by atoms with Crippen molar-refractivity contribution < 1.29 is 14.0 Å². The number of hydrogen-bond acceptors (Lipinski definition) is 3. The molecule has 6 heteroatoms. The molecular formula is C19H26FN3O2. The van der Waals surface area contributed by atoms with Gasteiger partial charge in [-0.2, -0.15) is 0 Å². The summed E-state index contributed by atoms with van der Waals surface area (Å²) in [6.45, 7) is 3.88. The first-order valence-corrected chi connectivity index (χ1v) is 9.15. The normalized spacial score (nSPS) is 21.6. The first-order valence-electron chi connectivity index (χ1n) is 9.15. The molecule has 0 unspecified atom stereocenters. The predicted molar refractivity (Wildman–Crippen MR) is 93.3 cm³/mol. The summed E-state index contributed by atoms with van der Waals surface area (Å²) >= 11 is 0. The van der Waals surface area contributed by atoms with Crippen LogP contribution < -0.4 is 5.32 Å². The van der Waals surface area contributed by atoms with Crippen LogP contribution in [0.25, 0.3) is 0 Å². The molecule has 2 saturated heterocycles. The van der Waals surface area contributed by atoms with Gasteiger partial charge < -0.3 is 15.1 Å². The van der Waals surface area contributed by atoms with E-state index in [-0.39, 0.29) is 17.6 Å². The number of carbonyl (C=O) groups is 2. The largest absolute Gasteiger partial charge is 0.352 e. The van der Waals surface area contributed by atoms with E-state index in [1.54, 1.807) is 12.1 Å². The third kappa shape index (κ3) is 5.01. The molecule has 1 aromatic rings. The zero-order chi connectivity index (χ0) is 17.6. The quantitative estimate of drug-likeness (QED) is 0.855. The Bertz CT molecular complexity index is 605. The van der Waals surface area contributed by atoms with Crippen molar-refractivity contribution in [2.24, 2.45) is 0 Å². The summed E-state index contributed by atoms with van der Waals surface area (Å²) in [5, 5.41) is 2.88. The summed E-state index contributed by atoms with van der Waals surface area (Å²) in [6.07, 6.45) is 4.25. The molecule has 2 heterocycles. The molecule has 0 saturated carbocycles. The van der Waals surface area contributed by atoms with Crippen LogP contribution in [0.15, 0.2) is 24.3 Å². The minimum absolute atomic E-state index is 0.00342. The summed E-state index contributed by atoms with van der Waals surface area (Å²) in [6, 6.07) is 6.46. The van der Waals surface area contributed by atoms with Gasteiger partial charge in [-0.05, 0) is 43.5 Å². The van der Waals surface area contributed by atoms with Gasteiger partial charge in [0.15, 0.2) is 0 Å². The molecule has 1 N–H and O–H groups in total. The first kappa shape index (κ1) is 17.9. The fourth-order valence-electron chi connectivity index (χ4n) is 3.69. The third-order valence-electron chi connectivity index (χ3n) is 5.09. The maximum atomic E-state index is 12.9. The molecule has 2 amide bonds. The Morgan fingerprint density at radius 2 is 2.00 bits per heavy atom. The molecule has 1 aromatic carbocycles. The molecule has 25 heavy (non-hydrogen) atoms. The maximum absolute atomic E-state index is 12.9. The van der Waals surface area contributed by atoms with E-state index in [0.717, 1.165) is 44.5 Å². The van der Waals surface area contributed by atoms with Gasteiger partial charge in [0.2, 0.25) is 11.8 Å². The summed E-state index contributed by atoms with van der Waals surface area (Å²) in [4.78, 5) is 28.3. The second-order valence-electron chi connectivity index (χ2n) is 6.94. The highest BCUT2D eigenvalue weighted by Crippen LogP contribution is 2.21. The number of piperidine rings is 1. The van der Waals surface area contributed by atoms with E-state index in [2.05, 4.69) is 10.2 Å². The number of carbonyl (C=O) groups excluding carboxylic acids is 2. The van der Waals surface area contributed by atoms with Gasteiger partial charge >= 0.3 is 0 Å². The standard InChI is InChI=1S/C19H26FN3O2/c20-16-7-5-15(6-8-16)13-21-18(24)9-12-22-10-1-3-17(14-22)23-11-2-4-19(23)25/h5-8,17H,1-4,9-14H2,(H,21,24)/t17-/m0/s1. The zero-order valence-corrected chi connectivity index (χ0v) is 14.5. The minimum Gasteiger partial charge on any atom is -0.352 e. The molecule has 2 fully saturated rings. The number of rotatable bonds is 6. The Morgan fingerprint density at radius 3 is 2.72 bits per heavy atom. The van der Waals surface area contributed by atoms with Crippen molar-refractivity contribution in [3.05, 3.63) is 35.6 Å². The summed E-state index contributed by atoms with van der Waals surface area (Å²) in [7, 11) is 0. The molecule has 0 aromatic heterocycles. The molecule has 3 rings (SSSR count).